The van der Waals surface area contributed by atoms with Crippen LogP contribution in [0.1, 0.15) is 48.2 Å². The first-order chi connectivity index (χ1) is 11.9. The molecule has 0 aliphatic heterocycles. The summed E-state index contributed by atoms with van der Waals surface area (Å²) in [6.45, 7) is 1.30. The Kier molecular flexibility index (Phi) is 4.61. The van der Waals surface area contributed by atoms with Crippen molar-refractivity contribution >= 4 is 23.0 Å². The van der Waals surface area contributed by atoms with Crippen LogP contribution in [0.15, 0.2) is 15.5 Å². The number of carboxylic acids is 1. The summed E-state index contributed by atoms with van der Waals surface area (Å²) < 4.78 is 6.39. The number of nitrogens with zero attached hydrogens (tertiary/aromatic N) is 3. The second-order valence-electron chi connectivity index (χ2n) is 6.49. The van der Waals surface area contributed by atoms with Gasteiger partial charge in [0.05, 0.1) is 0 Å². The lowest BCUT2D eigenvalue weighted by molar-refractivity contribution is -0.133. The van der Waals surface area contributed by atoms with Crippen LogP contribution in [-0.2, 0) is 11.3 Å². The molecule has 1 amide bonds. The van der Waals surface area contributed by atoms with Crippen LogP contribution in [-0.4, -0.2) is 44.5 Å². The number of carboxylic acid groups (broad SMARTS) is 1. The van der Waals surface area contributed by atoms with Crippen LogP contribution in [0.4, 0.5) is 0 Å². The summed E-state index contributed by atoms with van der Waals surface area (Å²) >= 11 is 0. The maximum absolute atomic E-state index is 12.6. The molecule has 1 aliphatic rings. The SMILES string of the molecule is Cc1oc2ncn(CC(=O)N(C)C3CCCCC3)c(=O)c2c1C(=O)O. The Hall–Kier alpha value is -2.64. The molecule has 1 saturated carbocycles. The highest BCUT2D eigenvalue weighted by Crippen LogP contribution is 2.22. The van der Waals surface area contributed by atoms with E-state index in [-0.39, 0.29) is 40.9 Å². The van der Waals surface area contributed by atoms with E-state index in [0.29, 0.717) is 0 Å². The monoisotopic (exact) mass is 347 g/mol. The van der Waals surface area contributed by atoms with Crippen molar-refractivity contribution in [3.63, 3.8) is 0 Å². The van der Waals surface area contributed by atoms with Crippen LogP contribution in [0, 0.1) is 6.92 Å². The number of hydrogen-bond acceptors (Lipinski definition) is 5. The van der Waals surface area contributed by atoms with E-state index in [1.54, 1.807) is 11.9 Å². The molecule has 0 saturated heterocycles. The Morgan fingerprint density at radius 1 is 1.36 bits per heavy atom. The lowest BCUT2D eigenvalue weighted by Gasteiger charge is -2.31. The van der Waals surface area contributed by atoms with Gasteiger partial charge < -0.3 is 14.4 Å². The summed E-state index contributed by atoms with van der Waals surface area (Å²) in [5, 5.41) is 9.20. The van der Waals surface area contributed by atoms with Gasteiger partial charge in [-0.3, -0.25) is 14.2 Å². The van der Waals surface area contributed by atoms with Crippen molar-refractivity contribution in [2.45, 2.75) is 51.6 Å². The number of carbonyl (C=O) groups is 2. The summed E-state index contributed by atoms with van der Waals surface area (Å²) in [5.41, 5.74) is -0.802. The van der Waals surface area contributed by atoms with Gasteiger partial charge in [-0.2, -0.15) is 0 Å². The zero-order valence-electron chi connectivity index (χ0n) is 14.3. The van der Waals surface area contributed by atoms with Gasteiger partial charge in [0.25, 0.3) is 5.56 Å². The van der Waals surface area contributed by atoms with Gasteiger partial charge in [-0.25, -0.2) is 9.78 Å². The Bertz CT molecular complexity index is 876. The third kappa shape index (κ3) is 3.16. The van der Waals surface area contributed by atoms with Crippen LogP contribution in [0.5, 0.6) is 0 Å². The average Bonchev–Trinajstić information content (AvgIpc) is 2.94. The first-order valence-corrected chi connectivity index (χ1v) is 8.37. The molecule has 0 unspecified atom stereocenters. The molecule has 25 heavy (non-hydrogen) atoms. The smallest absolute Gasteiger partial charge is 0.340 e. The lowest BCUT2D eigenvalue weighted by atomic mass is 9.94. The average molecular weight is 347 g/mol. The van der Waals surface area contributed by atoms with E-state index in [0.717, 1.165) is 30.3 Å². The van der Waals surface area contributed by atoms with Crippen LogP contribution in [0.3, 0.4) is 0 Å². The number of aromatic carboxylic acids is 1. The van der Waals surface area contributed by atoms with Crippen LogP contribution in [0.2, 0.25) is 0 Å². The molecular formula is C17H21N3O5. The molecule has 8 heteroatoms. The Labute approximate surface area is 144 Å². The number of likely N-dealkylation sites (N-methyl/N-ethyl adjacent to an activating group) is 1. The summed E-state index contributed by atoms with van der Waals surface area (Å²) in [7, 11) is 1.75. The summed E-state index contributed by atoms with van der Waals surface area (Å²) in [4.78, 5) is 42.2. The largest absolute Gasteiger partial charge is 0.478 e. The fourth-order valence-electron chi connectivity index (χ4n) is 3.44. The summed E-state index contributed by atoms with van der Waals surface area (Å²) in [5.74, 6) is -1.32. The minimum Gasteiger partial charge on any atom is -0.478 e. The topological polar surface area (TPSA) is 106 Å². The first-order valence-electron chi connectivity index (χ1n) is 8.37. The number of fused-ring (bicyclic) bond motifs is 1. The normalized spacial score (nSPS) is 15.4. The van der Waals surface area contributed by atoms with Crippen molar-refractivity contribution < 1.29 is 19.1 Å². The fourth-order valence-corrected chi connectivity index (χ4v) is 3.44. The summed E-state index contributed by atoms with van der Waals surface area (Å²) in [6.07, 6.45) is 6.57. The van der Waals surface area contributed by atoms with Gasteiger partial charge in [-0.15, -0.1) is 0 Å². The maximum Gasteiger partial charge on any atom is 0.340 e. The molecule has 0 aromatic carbocycles. The predicted octanol–water partition coefficient (Wildman–Crippen LogP) is 1.79. The van der Waals surface area contributed by atoms with Gasteiger partial charge in [0.2, 0.25) is 11.6 Å². The highest BCUT2D eigenvalue weighted by atomic mass is 16.4. The van der Waals surface area contributed by atoms with Crippen molar-refractivity contribution in [1.29, 1.82) is 0 Å². The third-order valence-corrected chi connectivity index (χ3v) is 4.89. The van der Waals surface area contributed by atoms with Crippen molar-refractivity contribution in [2.24, 2.45) is 0 Å². The first kappa shape index (κ1) is 17.2. The molecule has 134 valence electrons. The number of rotatable bonds is 4. The van der Waals surface area contributed by atoms with E-state index >= 15 is 0 Å². The third-order valence-electron chi connectivity index (χ3n) is 4.89. The van der Waals surface area contributed by atoms with Crippen molar-refractivity contribution in [3.8, 4) is 0 Å². The minimum absolute atomic E-state index is 0.0239. The van der Waals surface area contributed by atoms with E-state index in [1.807, 2.05) is 0 Å². The standard InChI is InChI=1S/C17H21N3O5/c1-10-13(17(23)24)14-15(25-10)18-9-20(16(14)22)8-12(21)19(2)11-6-4-3-5-7-11/h9,11H,3-8H2,1-2H3,(H,23,24). The maximum atomic E-state index is 12.6. The van der Waals surface area contributed by atoms with Gasteiger partial charge in [0.1, 0.15) is 29.6 Å². The molecule has 0 atom stereocenters. The van der Waals surface area contributed by atoms with Crippen LogP contribution < -0.4 is 5.56 Å². The van der Waals surface area contributed by atoms with E-state index in [2.05, 4.69) is 4.98 Å². The second-order valence-corrected chi connectivity index (χ2v) is 6.49. The van der Waals surface area contributed by atoms with E-state index < -0.39 is 11.5 Å². The number of furan rings is 1. The highest BCUT2D eigenvalue weighted by Gasteiger charge is 2.25. The second kappa shape index (κ2) is 6.70. The molecule has 0 bridgehead atoms. The quantitative estimate of drug-likeness (QED) is 0.904. The number of aryl methyl sites for hydroxylation is 1. The Morgan fingerprint density at radius 3 is 2.68 bits per heavy atom. The van der Waals surface area contributed by atoms with Crippen molar-refractivity contribution in [1.82, 2.24) is 14.5 Å². The summed E-state index contributed by atoms with van der Waals surface area (Å²) in [6, 6.07) is 0.194. The molecule has 2 aromatic heterocycles. The van der Waals surface area contributed by atoms with E-state index in [4.69, 9.17) is 4.42 Å². The number of amides is 1. The molecule has 2 heterocycles. The van der Waals surface area contributed by atoms with Crippen molar-refractivity contribution in [3.05, 3.63) is 28.0 Å². The van der Waals surface area contributed by atoms with Gasteiger partial charge in [0, 0.05) is 13.1 Å². The van der Waals surface area contributed by atoms with Gasteiger partial charge in [0.15, 0.2) is 0 Å². The molecule has 1 aliphatic carbocycles. The lowest BCUT2D eigenvalue weighted by Crippen LogP contribution is -2.41. The van der Waals surface area contributed by atoms with Gasteiger partial charge in [-0.1, -0.05) is 19.3 Å². The van der Waals surface area contributed by atoms with Crippen molar-refractivity contribution in [2.75, 3.05) is 7.05 Å². The molecule has 3 rings (SSSR count). The van der Waals surface area contributed by atoms with Crippen LogP contribution in [0.25, 0.3) is 11.1 Å². The Balaban J connectivity index is 1.90. The van der Waals surface area contributed by atoms with E-state index in [1.165, 1.54) is 19.7 Å². The van der Waals surface area contributed by atoms with Gasteiger partial charge >= 0.3 is 5.97 Å². The zero-order chi connectivity index (χ0) is 18.1. The molecule has 2 aromatic rings. The predicted molar refractivity (Wildman–Crippen MR) is 89.6 cm³/mol. The number of aromatic nitrogens is 2. The fraction of sp³-hybridized carbons (Fsp3) is 0.529. The van der Waals surface area contributed by atoms with E-state index in [9.17, 15) is 19.5 Å². The number of carbonyl (C=O) groups excluding carboxylic acids is 1. The zero-order valence-corrected chi connectivity index (χ0v) is 14.3. The molecule has 0 spiro atoms. The highest BCUT2D eigenvalue weighted by molar-refractivity contribution is 6.02. The molecule has 1 N–H and O–H groups in total. The molecule has 1 fully saturated rings. The molecule has 0 radical (unpaired) electrons. The number of hydrogen-bond donors (Lipinski definition) is 1. The minimum atomic E-state index is -1.25. The van der Waals surface area contributed by atoms with Gasteiger partial charge in [-0.05, 0) is 19.8 Å². The van der Waals surface area contributed by atoms with Crippen LogP contribution >= 0.6 is 0 Å². The molecular weight excluding hydrogens is 326 g/mol. The molecule has 8 nitrogen and oxygen atoms in total. The Morgan fingerprint density at radius 2 is 2.04 bits per heavy atom.